The van der Waals surface area contributed by atoms with Crippen molar-refractivity contribution >= 4 is 28.2 Å². The molecule has 0 unspecified atom stereocenters. The van der Waals surface area contributed by atoms with E-state index in [1.54, 1.807) is 6.07 Å². The maximum Gasteiger partial charge on any atom is 0.254 e. The highest BCUT2D eigenvalue weighted by Gasteiger charge is 2.31. The summed E-state index contributed by atoms with van der Waals surface area (Å²) in [6, 6.07) is 9.59. The molecule has 2 N–H and O–H groups in total. The molecule has 1 aromatic heterocycles. The van der Waals surface area contributed by atoms with Gasteiger partial charge in [0.25, 0.3) is 5.91 Å². The van der Waals surface area contributed by atoms with Gasteiger partial charge in [-0.1, -0.05) is 18.2 Å². The van der Waals surface area contributed by atoms with Gasteiger partial charge in [-0.15, -0.1) is 11.3 Å². The molecule has 1 aliphatic heterocycles. The molecule has 5 nitrogen and oxygen atoms in total. The lowest BCUT2D eigenvalue weighted by Crippen LogP contribution is -2.27. The van der Waals surface area contributed by atoms with E-state index in [9.17, 15) is 9.59 Å². The first kappa shape index (κ1) is 14.3. The van der Waals surface area contributed by atoms with E-state index < -0.39 is 0 Å². The first-order valence-electron chi connectivity index (χ1n) is 7.63. The van der Waals surface area contributed by atoms with Crippen LogP contribution in [0.2, 0.25) is 0 Å². The first-order valence-corrected chi connectivity index (χ1v) is 8.51. The van der Waals surface area contributed by atoms with Crippen LogP contribution >= 0.6 is 11.3 Å². The van der Waals surface area contributed by atoms with Crippen molar-refractivity contribution in [2.75, 3.05) is 11.9 Å². The van der Waals surface area contributed by atoms with E-state index in [1.807, 2.05) is 29.6 Å². The van der Waals surface area contributed by atoms with E-state index in [-0.39, 0.29) is 17.7 Å². The molecule has 0 radical (unpaired) electrons. The number of hydrogen-bond acceptors (Lipinski definition) is 4. The molecule has 0 saturated heterocycles. The lowest BCUT2D eigenvalue weighted by Gasteiger charge is -2.10. The van der Waals surface area contributed by atoms with Crippen LogP contribution in [0, 0.1) is 0 Å². The van der Waals surface area contributed by atoms with E-state index in [0.29, 0.717) is 23.2 Å². The number of thiophene rings is 1. The zero-order valence-electron chi connectivity index (χ0n) is 12.4. The normalized spacial score (nSPS) is 18.9. The monoisotopic (exact) mass is 328 g/mol. The summed E-state index contributed by atoms with van der Waals surface area (Å²) < 4.78 is 5.55. The summed E-state index contributed by atoms with van der Waals surface area (Å²) in [6.45, 7) is 0.333. The summed E-state index contributed by atoms with van der Waals surface area (Å²) in [6.07, 6.45) is 2.07. The Hall–Kier alpha value is -2.34. The second-order valence-electron chi connectivity index (χ2n) is 5.80. The minimum absolute atomic E-state index is 0.118. The molecule has 2 amide bonds. The van der Waals surface area contributed by atoms with Crippen molar-refractivity contribution in [1.82, 2.24) is 5.32 Å². The minimum atomic E-state index is -0.340. The predicted molar refractivity (Wildman–Crippen MR) is 88.1 cm³/mol. The molecule has 2 heterocycles. The minimum Gasteiger partial charge on any atom is -0.492 e. The van der Waals surface area contributed by atoms with Gasteiger partial charge in [0.05, 0.1) is 5.56 Å². The number of rotatable bonds is 4. The van der Waals surface area contributed by atoms with Crippen LogP contribution in [0.1, 0.15) is 34.7 Å². The summed E-state index contributed by atoms with van der Waals surface area (Å²) in [7, 11) is 0. The lowest BCUT2D eigenvalue weighted by atomic mass is 10.0. The molecule has 1 fully saturated rings. The van der Waals surface area contributed by atoms with Crippen LogP contribution in [-0.2, 0) is 4.79 Å². The standard InChI is InChI=1S/C17H16N2O3S/c20-15(18-10-5-6-10)12-7-8-23-17(12)19-16(21)13-9-22-14-4-2-1-3-11(13)14/h1-4,7-8,10,13H,5-6,9H2,(H,18,20)(H,19,21)/t13-/m1/s1. The molecule has 1 aliphatic carbocycles. The van der Waals surface area contributed by atoms with Crippen molar-refractivity contribution in [3.63, 3.8) is 0 Å². The number of hydrogen-bond donors (Lipinski definition) is 2. The maximum absolute atomic E-state index is 12.6. The van der Waals surface area contributed by atoms with E-state index in [1.165, 1.54) is 11.3 Å². The van der Waals surface area contributed by atoms with Crippen LogP contribution in [0.15, 0.2) is 35.7 Å². The van der Waals surface area contributed by atoms with E-state index in [2.05, 4.69) is 10.6 Å². The summed E-state index contributed by atoms with van der Waals surface area (Å²) >= 11 is 1.36. The quantitative estimate of drug-likeness (QED) is 0.907. The third kappa shape index (κ3) is 2.82. The highest BCUT2D eigenvalue weighted by Crippen LogP contribution is 2.35. The molecule has 4 rings (SSSR count). The van der Waals surface area contributed by atoms with Crippen LogP contribution in [0.4, 0.5) is 5.00 Å². The summed E-state index contributed by atoms with van der Waals surface area (Å²) in [5, 5.41) is 8.24. The Balaban J connectivity index is 1.49. The molecule has 1 atom stereocenters. The van der Waals surface area contributed by atoms with Crippen LogP contribution < -0.4 is 15.4 Å². The fraction of sp³-hybridized carbons (Fsp3) is 0.294. The van der Waals surface area contributed by atoms with Gasteiger partial charge in [0.15, 0.2) is 0 Å². The van der Waals surface area contributed by atoms with Crippen molar-refractivity contribution in [2.45, 2.75) is 24.8 Å². The number of ether oxygens (including phenoxy) is 1. The number of carbonyl (C=O) groups excluding carboxylic acids is 2. The Morgan fingerprint density at radius 2 is 2.00 bits per heavy atom. The summed E-state index contributed by atoms with van der Waals surface area (Å²) in [5.41, 5.74) is 1.42. The Kier molecular flexibility index (Phi) is 3.53. The van der Waals surface area contributed by atoms with Gasteiger partial charge in [0.1, 0.15) is 23.3 Å². The van der Waals surface area contributed by atoms with Crippen molar-refractivity contribution < 1.29 is 14.3 Å². The number of fused-ring (bicyclic) bond motifs is 1. The number of nitrogens with one attached hydrogen (secondary N) is 2. The van der Waals surface area contributed by atoms with Gasteiger partial charge < -0.3 is 15.4 Å². The molecule has 1 saturated carbocycles. The molecule has 0 bridgehead atoms. The smallest absolute Gasteiger partial charge is 0.254 e. The molecule has 118 valence electrons. The average molecular weight is 328 g/mol. The SMILES string of the molecule is O=C(NC1CC1)c1ccsc1NC(=O)[C@@H]1COc2ccccc21. The molecule has 2 aliphatic rings. The number of anilines is 1. The molecule has 0 spiro atoms. The largest absolute Gasteiger partial charge is 0.492 e. The lowest BCUT2D eigenvalue weighted by molar-refractivity contribution is -0.117. The van der Waals surface area contributed by atoms with Gasteiger partial charge in [-0.05, 0) is 30.4 Å². The third-order valence-electron chi connectivity index (χ3n) is 4.08. The van der Waals surface area contributed by atoms with Gasteiger partial charge in [0.2, 0.25) is 5.91 Å². The second kappa shape index (κ2) is 5.70. The van der Waals surface area contributed by atoms with Crippen LogP contribution in [0.25, 0.3) is 0 Å². The van der Waals surface area contributed by atoms with Gasteiger partial charge >= 0.3 is 0 Å². The Morgan fingerprint density at radius 1 is 1.17 bits per heavy atom. The van der Waals surface area contributed by atoms with Crippen LogP contribution in [0.5, 0.6) is 5.75 Å². The number of benzene rings is 1. The fourth-order valence-corrected chi connectivity index (χ4v) is 3.44. The van der Waals surface area contributed by atoms with E-state index in [4.69, 9.17) is 4.74 Å². The summed E-state index contributed by atoms with van der Waals surface area (Å²) in [5.74, 6) is 0.156. The zero-order valence-corrected chi connectivity index (χ0v) is 13.2. The molecule has 2 aromatic rings. The van der Waals surface area contributed by atoms with Gasteiger partial charge in [-0.2, -0.15) is 0 Å². The number of amides is 2. The van der Waals surface area contributed by atoms with E-state index in [0.717, 1.165) is 24.2 Å². The average Bonchev–Trinajstić information content (AvgIpc) is 3.09. The topological polar surface area (TPSA) is 67.4 Å². The van der Waals surface area contributed by atoms with Crippen LogP contribution in [0.3, 0.4) is 0 Å². The molecule has 23 heavy (non-hydrogen) atoms. The van der Waals surface area contributed by atoms with Crippen molar-refractivity contribution in [3.8, 4) is 5.75 Å². The number of para-hydroxylation sites is 1. The first-order chi connectivity index (χ1) is 11.2. The Morgan fingerprint density at radius 3 is 2.83 bits per heavy atom. The molecule has 6 heteroatoms. The molecular weight excluding hydrogens is 312 g/mol. The highest BCUT2D eigenvalue weighted by atomic mass is 32.1. The van der Waals surface area contributed by atoms with Gasteiger partial charge in [-0.3, -0.25) is 9.59 Å². The van der Waals surface area contributed by atoms with Crippen molar-refractivity contribution in [3.05, 3.63) is 46.8 Å². The van der Waals surface area contributed by atoms with Crippen LogP contribution in [-0.4, -0.2) is 24.5 Å². The zero-order chi connectivity index (χ0) is 15.8. The van der Waals surface area contributed by atoms with Gasteiger partial charge in [0, 0.05) is 11.6 Å². The van der Waals surface area contributed by atoms with Crippen molar-refractivity contribution in [1.29, 1.82) is 0 Å². The molecular formula is C17H16N2O3S. The third-order valence-corrected chi connectivity index (χ3v) is 4.91. The Bertz CT molecular complexity index is 767. The molecule has 1 aromatic carbocycles. The predicted octanol–water partition coefficient (Wildman–Crippen LogP) is 2.76. The Labute approximate surface area is 137 Å². The van der Waals surface area contributed by atoms with E-state index >= 15 is 0 Å². The highest BCUT2D eigenvalue weighted by molar-refractivity contribution is 7.14. The maximum atomic E-state index is 12.6. The number of carbonyl (C=O) groups is 2. The second-order valence-corrected chi connectivity index (χ2v) is 6.72. The fourth-order valence-electron chi connectivity index (χ4n) is 2.65. The summed E-state index contributed by atoms with van der Waals surface area (Å²) in [4.78, 5) is 24.8. The van der Waals surface area contributed by atoms with Crippen molar-refractivity contribution in [2.24, 2.45) is 0 Å². The van der Waals surface area contributed by atoms with Gasteiger partial charge in [-0.25, -0.2) is 0 Å².